The van der Waals surface area contributed by atoms with Crippen LogP contribution in [-0.4, -0.2) is 4.90 Å². The van der Waals surface area contributed by atoms with Gasteiger partial charge in [-0.1, -0.05) is 55.1 Å². The second-order valence-electron chi connectivity index (χ2n) is 6.19. The number of hydrogen-bond acceptors (Lipinski definition) is 2. The summed E-state index contributed by atoms with van der Waals surface area (Å²) in [5, 5.41) is 0. The van der Waals surface area contributed by atoms with Gasteiger partial charge in [0.15, 0.2) is 0 Å². The summed E-state index contributed by atoms with van der Waals surface area (Å²) in [6.07, 6.45) is 13.8. The molecular formula is C21H24N2. The molecule has 0 aliphatic heterocycles. The van der Waals surface area contributed by atoms with Crippen LogP contribution in [0.5, 0.6) is 0 Å². The van der Waals surface area contributed by atoms with E-state index in [2.05, 4.69) is 66.1 Å². The molecule has 0 fully saturated rings. The van der Waals surface area contributed by atoms with E-state index in [1.165, 1.54) is 11.3 Å². The fraction of sp³-hybridized carbons (Fsp3) is 0.238. The maximum atomic E-state index is 6.45. The molecule has 2 nitrogen and oxygen atoms in total. The quantitative estimate of drug-likeness (QED) is 0.851. The molecular weight excluding hydrogens is 280 g/mol. The Balaban J connectivity index is 1.87. The summed E-state index contributed by atoms with van der Waals surface area (Å²) in [6.45, 7) is 6.19. The summed E-state index contributed by atoms with van der Waals surface area (Å²) in [5.41, 5.74) is 12.0. The van der Waals surface area contributed by atoms with Gasteiger partial charge in [-0.25, -0.2) is 0 Å². The predicted octanol–water partition coefficient (Wildman–Crippen LogP) is 4.97. The van der Waals surface area contributed by atoms with Crippen LogP contribution in [-0.2, 0) is 0 Å². The van der Waals surface area contributed by atoms with Crippen molar-refractivity contribution in [3.8, 4) is 0 Å². The van der Waals surface area contributed by atoms with Crippen LogP contribution < -0.4 is 5.73 Å². The van der Waals surface area contributed by atoms with E-state index in [4.69, 9.17) is 5.73 Å². The number of hydrogen-bond donors (Lipinski definition) is 1. The van der Waals surface area contributed by atoms with Crippen LogP contribution in [0.4, 0.5) is 0 Å². The first-order chi connectivity index (χ1) is 11.2. The molecule has 0 amide bonds. The van der Waals surface area contributed by atoms with Crippen molar-refractivity contribution < 1.29 is 0 Å². The molecule has 0 aromatic heterocycles. The number of benzene rings is 1. The summed E-state index contributed by atoms with van der Waals surface area (Å²) in [7, 11) is 0. The number of nitrogens with zero attached hydrogens (tertiary/aromatic N) is 1. The third-order valence-electron chi connectivity index (χ3n) is 4.38. The molecule has 3 rings (SSSR count). The topological polar surface area (TPSA) is 29.3 Å². The summed E-state index contributed by atoms with van der Waals surface area (Å²) in [6, 6.07) is 10.5. The highest BCUT2D eigenvalue weighted by Gasteiger charge is 2.22. The average molecular weight is 304 g/mol. The van der Waals surface area contributed by atoms with E-state index in [0.717, 1.165) is 36.4 Å². The van der Waals surface area contributed by atoms with Gasteiger partial charge in [-0.15, -0.1) is 0 Å². The van der Waals surface area contributed by atoms with Crippen molar-refractivity contribution in [2.75, 3.05) is 0 Å². The van der Waals surface area contributed by atoms with Crippen molar-refractivity contribution in [3.63, 3.8) is 0 Å². The Bertz CT molecular complexity index is 705. The maximum absolute atomic E-state index is 6.45. The Morgan fingerprint density at radius 3 is 2.65 bits per heavy atom. The van der Waals surface area contributed by atoms with Gasteiger partial charge in [0.2, 0.25) is 0 Å². The molecule has 2 N–H and O–H groups in total. The maximum Gasteiger partial charge on any atom is 0.0639 e. The van der Waals surface area contributed by atoms with E-state index >= 15 is 0 Å². The highest BCUT2D eigenvalue weighted by Crippen LogP contribution is 2.34. The first-order valence-electron chi connectivity index (χ1n) is 8.20. The molecule has 118 valence electrons. The van der Waals surface area contributed by atoms with Crippen LogP contribution in [0.2, 0.25) is 0 Å². The minimum absolute atomic E-state index is 0.354. The normalized spacial score (nSPS) is 20.4. The van der Waals surface area contributed by atoms with Gasteiger partial charge in [-0.2, -0.15) is 0 Å². The number of nitrogens with two attached hydrogens (primary N) is 1. The van der Waals surface area contributed by atoms with Gasteiger partial charge in [0.05, 0.1) is 5.70 Å². The monoisotopic (exact) mass is 304 g/mol. The zero-order valence-corrected chi connectivity index (χ0v) is 13.7. The third-order valence-corrected chi connectivity index (χ3v) is 4.38. The van der Waals surface area contributed by atoms with Crippen molar-refractivity contribution in [2.24, 2.45) is 5.73 Å². The molecule has 2 aliphatic rings. The molecule has 1 aromatic rings. The molecule has 2 heteroatoms. The lowest BCUT2D eigenvalue weighted by molar-refractivity contribution is 0.502. The first kappa shape index (κ1) is 15.4. The molecule has 0 radical (unpaired) electrons. The predicted molar refractivity (Wildman–Crippen MR) is 97.3 cm³/mol. The molecule has 0 saturated heterocycles. The first-order valence-corrected chi connectivity index (χ1v) is 8.20. The van der Waals surface area contributed by atoms with Crippen LogP contribution >= 0.6 is 0 Å². The Morgan fingerprint density at radius 2 is 2.04 bits per heavy atom. The zero-order valence-electron chi connectivity index (χ0n) is 13.7. The van der Waals surface area contributed by atoms with Crippen LogP contribution in [0, 0.1) is 0 Å². The minimum atomic E-state index is 0.354. The SMILES string of the molecule is C=C(C)N(C1=CC=CCC1)C1=C(N)CC(c2ccccc2)C=C1. The fourth-order valence-corrected chi connectivity index (χ4v) is 3.25. The van der Waals surface area contributed by atoms with Crippen molar-refractivity contribution in [1.29, 1.82) is 0 Å². The molecule has 23 heavy (non-hydrogen) atoms. The van der Waals surface area contributed by atoms with Crippen LogP contribution in [0.25, 0.3) is 0 Å². The minimum Gasteiger partial charge on any atom is -0.400 e. The molecule has 2 aliphatic carbocycles. The van der Waals surface area contributed by atoms with Crippen molar-refractivity contribution in [3.05, 3.63) is 95.6 Å². The average Bonchev–Trinajstić information content (AvgIpc) is 2.58. The van der Waals surface area contributed by atoms with Crippen molar-refractivity contribution in [1.82, 2.24) is 4.90 Å². The van der Waals surface area contributed by atoms with Gasteiger partial charge in [-0.05, 0) is 43.9 Å². The lowest BCUT2D eigenvalue weighted by Gasteiger charge is -2.33. The third kappa shape index (κ3) is 3.31. The van der Waals surface area contributed by atoms with E-state index < -0.39 is 0 Å². The Labute approximate surface area is 139 Å². The molecule has 1 atom stereocenters. The second-order valence-corrected chi connectivity index (χ2v) is 6.19. The number of rotatable bonds is 4. The number of allylic oxidation sites excluding steroid dienone is 8. The van der Waals surface area contributed by atoms with Gasteiger partial charge in [-0.3, -0.25) is 0 Å². The summed E-state index contributed by atoms with van der Waals surface area (Å²) < 4.78 is 0. The van der Waals surface area contributed by atoms with E-state index in [1.807, 2.05) is 13.0 Å². The molecule has 0 saturated carbocycles. The van der Waals surface area contributed by atoms with Crippen LogP contribution in [0.3, 0.4) is 0 Å². The summed E-state index contributed by atoms with van der Waals surface area (Å²) >= 11 is 0. The van der Waals surface area contributed by atoms with Crippen LogP contribution in [0.15, 0.2) is 90.1 Å². The molecule has 1 unspecified atom stereocenters. The Hall–Kier alpha value is -2.48. The molecule has 0 spiro atoms. The second kappa shape index (κ2) is 6.74. The van der Waals surface area contributed by atoms with Gasteiger partial charge < -0.3 is 10.6 Å². The highest BCUT2D eigenvalue weighted by molar-refractivity contribution is 5.40. The van der Waals surface area contributed by atoms with Gasteiger partial charge in [0, 0.05) is 23.0 Å². The molecule has 1 aromatic carbocycles. The van der Waals surface area contributed by atoms with E-state index in [1.54, 1.807) is 0 Å². The standard InChI is InChI=1S/C21H24N2/c1-16(2)23(19-11-7-4-8-12-19)21-14-13-18(15-20(21)22)17-9-5-3-6-10-17/h3-7,9-11,13-14,18H,1,8,12,15,22H2,2H3. The summed E-state index contributed by atoms with van der Waals surface area (Å²) in [5.74, 6) is 0.354. The summed E-state index contributed by atoms with van der Waals surface area (Å²) in [4.78, 5) is 2.20. The smallest absolute Gasteiger partial charge is 0.0639 e. The van der Waals surface area contributed by atoms with Crippen molar-refractivity contribution >= 4 is 0 Å². The molecule has 0 heterocycles. The van der Waals surface area contributed by atoms with E-state index in [-0.39, 0.29) is 0 Å². The molecule has 0 bridgehead atoms. The Kier molecular flexibility index (Phi) is 4.52. The fourth-order valence-electron chi connectivity index (χ4n) is 3.25. The lowest BCUT2D eigenvalue weighted by Crippen LogP contribution is -2.25. The van der Waals surface area contributed by atoms with E-state index in [9.17, 15) is 0 Å². The van der Waals surface area contributed by atoms with E-state index in [0.29, 0.717) is 5.92 Å². The van der Waals surface area contributed by atoms with Gasteiger partial charge >= 0.3 is 0 Å². The highest BCUT2D eigenvalue weighted by atomic mass is 15.2. The van der Waals surface area contributed by atoms with Gasteiger partial charge in [0.1, 0.15) is 0 Å². The van der Waals surface area contributed by atoms with Crippen molar-refractivity contribution in [2.45, 2.75) is 32.1 Å². The van der Waals surface area contributed by atoms with Gasteiger partial charge in [0.25, 0.3) is 0 Å². The largest absolute Gasteiger partial charge is 0.400 e. The zero-order chi connectivity index (χ0) is 16.2. The Morgan fingerprint density at radius 1 is 1.26 bits per heavy atom. The van der Waals surface area contributed by atoms with Crippen LogP contribution in [0.1, 0.15) is 37.7 Å². The lowest BCUT2D eigenvalue weighted by atomic mass is 9.89.